The minimum atomic E-state index is -5.55. The van der Waals surface area contributed by atoms with Crippen LogP contribution in [0.25, 0.3) is 11.1 Å². The molecule has 0 amide bonds. The molecule has 0 fully saturated rings. The summed E-state index contributed by atoms with van der Waals surface area (Å²) in [5, 5.41) is 0. The fourth-order valence-corrected chi connectivity index (χ4v) is 2.81. The van der Waals surface area contributed by atoms with Gasteiger partial charge in [0.25, 0.3) is 10.2 Å². The van der Waals surface area contributed by atoms with E-state index in [4.69, 9.17) is 34.1 Å². The van der Waals surface area contributed by atoms with Crippen molar-refractivity contribution in [1.82, 2.24) is 24.7 Å². The van der Waals surface area contributed by atoms with Crippen LogP contribution in [0.3, 0.4) is 0 Å². The second-order valence-electron chi connectivity index (χ2n) is 4.95. The summed E-state index contributed by atoms with van der Waals surface area (Å²) in [4.78, 5) is 13.9. The number of hydrogen-bond acceptors (Lipinski definition) is 8. The van der Waals surface area contributed by atoms with E-state index in [1.807, 2.05) is 0 Å². The predicted octanol–water partition coefficient (Wildman–Crippen LogP) is 3.57. The van der Waals surface area contributed by atoms with Crippen LogP contribution in [0, 0.1) is 0 Å². The van der Waals surface area contributed by atoms with E-state index in [2.05, 4.69) is 51.8 Å². The number of nitrogens with zero attached hydrogens (tertiary/aromatic N) is 4. The highest BCUT2D eigenvalue weighted by Gasteiger charge is 2.19. The first-order chi connectivity index (χ1) is 22.4. The van der Waals surface area contributed by atoms with Gasteiger partial charge in [0.2, 0.25) is 5.88 Å². The minimum absolute atomic E-state index is 0.222. The molecule has 2 heterocycles. The van der Waals surface area contributed by atoms with Gasteiger partial charge in [-0.3, -0.25) is 4.72 Å². The lowest BCUT2D eigenvalue weighted by Gasteiger charge is -2.15. The Balaban J connectivity index is 2.28. The Morgan fingerprint density at radius 3 is 2.50 bits per heavy atom. The number of nitrogens with one attached hydrogen (secondary N) is 2. The Bertz CT molecular complexity index is 1900. The first-order valence-corrected chi connectivity index (χ1v) is 10.8. The molecule has 0 saturated carbocycles. The van der Waals surface area contributed by atoms with Gasteiger partial charge in [-0.2, -0.15) is 13.1 Å². The van der Waals surface area contributed by atoms with Crippen molar-refractivity contribution in [2.45, 2.75) is 13.2 Å². The molecule has 0 spiro atoms. The highest BCUT2D eigenvalue weighted by atomic mass is 79.9. The van der Waals surface area contributed by atoms with Crippen LogP contribution in [0.4, 0.5) is 5.82 Å². The zero-order chi connectivity index (χ0) is 38.7. The van der Waals surface area contributed by atoms with Crippen molar-refractivity contribution in [3.05, 3.63) is 51.8 Å². The van der Waals surface area contributed by atoms with E-state index in [-0.39, 0.29) is 4.47 Å². The summed E-state index contributed by atoms with van der Waals surface area (Å²) in [6.07, 6.45) is -6.42. The summed E-state index contributed by atoms with van der Waals surface area (Å²) in [5.74, 6) is -2.59. The maximum absolute atomic E-state index is 13.1. The van der Waals surface area contributed by atoms with Crippen LogP contribution >= 0.6 is 31.9 Å². The first kappa shape index (κ1) is 9.87. The molecular weight excluding hydrogens is 568 g/mol. The van der Waals surface area contributed by atoms with Crippen molar-refractivity contribution >= 4 is 47.9 Å². The third-order valence-corrected chi connectivity index (χ3v) is 4.50. The smallest absolute Gasteiger partial charge is 0.316 e. The van der Waals surface area contributed by atoms with Crippen LogP contribution in [0.5, 0.6) is 11.9 Å². The van der Waals surface area contributed by atoms with E-state index >= 15 is 0 Å². The molecule has 32 heavy (non-hydrogen) atoms. The highest BCUT2D eigenvalue weighted by Crippen LogP contribution is 2.34. The van der Waals surface area contributed by atoms with Crippen LogP contribution in [0.1, 0.15) is 37.9 Å². The van der Waals surface area contributed by atoms with Crippen LogP contribution in [0.2, 0.25) is 0 Å². The fourth-order valence-electron chi connectivity index (χ4n) is 1.80. The standard InChI is InChI=1S/C19H20Br2N6O4S/c1-2-7-26-32(28,29)27-17-16(13-3-5-14(20)6-4-13)18(25-12-24-17)30-8-9-31-19-22-10-15(21)11-23-19/h3-6,10-12,26H,2,7-9H2,1H3,(H,24,25,27)/i1D3,2D2,3D,4D,5D,6D,7D2,8D2,9D2,10D,11D,12D. The van der Waals surface area contributed by atoms with Gasteiger partial charge >= 0.3 is 6.01 Å². The fraction of sp³-hybridized carbons (Fsp3) is 0.263. The molecule has 13 heteroatoms. The predicted molar refractivity (Wildman–Crippen MR) is 127 cm³/mol. The van der Waals surface area contributed by atoms with Gasteiger partial charge in [0.15, 0.2) is 5.82 Å². The summed E-state index contributed by atoms with van der Waals surface area (Å²) in [7, 11) is -5.55. The van der Waals surface area contributed by atoms with Gasteiger partial charge in [-0.25, -0.2) is 19.9 Å². The van der Waals surface area contributed by atoms with E-state index in [1.165, 1.54) is 0 Å². The largest absolute Gasteiger partial charge is 0.473 e. The zero-order valence-electron chi connectivity index (χ0n) is 33.1. The van der Waals surface area contributed by atoms with Crippen LogP contribution in [-0.4, -0.2) is 48.0 Å². The summed E-state index contributed by atoms with van der Waals surface area (Å²) in [5.41, 5.74) is -2.04. The maximum Gasteiger partial charge on any atom is 0.316 e. The summed E-state index contributed by atoms with van der Waals surface area (Å²) in [6, 6.07) is -4.60. The van der Waals surface area contributed by atoms with E-state index in [0.717, 1.165) is 4.72 Å². The van der Waals surface area contributed by atoms with Crippen LogP contribution in [0.15, 0.2) is 51.8 Å². The van der Waals surface area contributed by atoms with Crippen molar-refractivity contribution in [3.63, 3.8) is 0 Å². The number of ether oxygens (including phenoxy) is 2. The van der Waals surface area contributed by atoms with E-state index in [1.54, 1.807) is 4.72 Å². The second kappa shape index (κ2) is 11.5. The molecule has 0 aliphatic carbocycles. The Morgan fingerprint density at radius 2 is 1.78 bits per heavy atom. The molecule has 0 unspecified atom stereocenters. The average Bonchev–Trinajstić information content (AvgIpc) is 2.93. The van der Waals surface area contributed by atoms with E-state index in [0.29, 0.717) is 0 Å². The van der Waals surface area contributed by atoms with Crippen molar-refractivity contribution < 1.29 is 42.6 Å². The molecule has 0 radical (unpaired) electrons. The number of hydrogen-bond donors (Lipinski definition) is 2. The molecule has 1 aromatic carbocycles. The molecule has 0 aliphatic rings. The lowest BCUT2D eigenvalue weighted by molar-refractivity contribution is 0.202. The molecule has 0 aliphatic heterocycles. The monoisotopic (exact) mass is 604 g/mol. The van der Waals surface area contributed by atoms with Gasteiger partial charge in [-0.15, -0.1) is 0 Å². The lowest BCUT2D eigenvalue weighted by Crippen LogP contribution is -2.31. The van der Waals surface area contributed by atoms with Crippen molar-refractivity contribution in [1.29, 1.82) is 0 Å². The molecule has 3 rings (SSSR count). The Labute approximate surface area is 227 Å². The number of benzene rings is 1. The molecule has 0 saturated heterocycles. The van der Waals surface area contributed by atoms with Gasteiger partial charge in [0, 0.05) is 32.9 Å². The molecule has 2 N–H and O–H groups in total. The van der Waals surface area contributed by atoms with Gasteiger partial charge in [-0.1, -0.05) is 34.9 Å². The number of aromatic nitrogens is 4. The van der Waals surface area contributed by atoms with Crippen LogP contribution < -0.4 is 18.9 Å². The number of halogens is 2. The van der Waals surface area contributed by atoms with E-state index < -0.39 is 119 Å². The molecule has 0 atom stereocenters. The van der Waals surface area contributed by atoms with Gasteiger partial charge in [-0.05, 0) is 40.0 Å². The number of anilines is 1. The van der Waals surface area contributed by atoms with Gasteiger partial charge in [0.05, 0.1) is 23.7 Å². The molecule has 3 aromatic rings. The highest BCUT2D eigenvalue weighted by molar-refractivity contribution is 9.10. The lowest BCUT2D eigenvalue weighted by atomic mass is 10.1. The minimum Gasteiger partial charge on any atom is -0.473 e. The second-order valence-corrected chi connectivity index (χ2v) is 7.95. The third-order valence-electron chi connectivity index (χ3n) is 2.92. The van der Waals surface area contributed by atoms with Crippen LogP contribution in [-0.2, 0) is 10.2 Å². The topological polar surface area (TPSA) is 128 Å². The van der Waals surface area contributed by atoms with Crippen molar-refractivity contribution in [2.24, 2.45) is 0 Å². The van der Waals surface area contributed by atoms with Crippen molar-refractivity contribution in [3.8, 4) is 23.0 Å². The molecule has 170 valence electrons. The normalized spacial score (nSPS) is 21.6. The van der Waals surface area contributed by atoms with Crippen molar-refractivity contribution in [2.75, 3.05) is 24.3 Å². The summed E-state index contributed by atoms with van der Waals surface area (Å²) in [6.45, 7) is -15.1. The average molecular weight is 606 g/mol. The Morgan fingerprint density at radius 1 is 1.06 bits per heavy atom. The van der Waals surface area contributed by atoms with Gasteiger partial charge < -0.3 is 9.47 Å². The quantitative estimate of drug-likeness (QED) is 0.339. The molecule has 0 bridgehead atoms. The molecular formula is C19H20Br2N6O4S. The first-order valence-electron chi connectivity index (χ1n) is 16.7. The maximum atomic E-state index is 13.1. The molecule has 10 nitrogen and oxygen atoms in total. The SMILES string of the molecule is [2H]c1nc(NS(=O)(=O)NC([2H])([2H])C([2H])([2H])C([2H])([2H])[2H])c(-c2c([2H])c([2H])c(Br)c([2H])c2[2H])c(OC([2H])([2H])C([2H])([2H])Oc2nc([2H])c(Br)c([2H])n2)n1. The van der Waals surface area contributed by atoms with E-state index in [9.17, 15) is 8.42 Å². The van der Waals surface area contributed by atoms with Gasteiger partial charge in [0.1, 0.15) is 20.8 Å². The third kappa shape index (κ3) is 7.08. The number of rotatable bonds is 11. The summed E-state index contributed by atoms with van der Waals surface area (Å²) >= 11 is 5.70. The zero-order valence-corrected chi connectivity index (χ0v) is 19.1. The summed E-state index contributed by atoms with van der Waals surface area (Å²) < 4.78 is 181. The Kier molecular flexibility index (Phi) is 3.55. The Hall–Kier alpha value is -2.35. The molecule has 2 aromatic heterocycles.